The average molecular weight is 255 g/mol. The maximum Gasteiger partial charge on any atom is 0.305 e. The third kappa shape index (κ3) is 6.39. The van der Waals surface area contributed by atoms with E-state index < -0.39 is 0 Å². The molecule has 0 spiro atoms. The highest BCUT2D eigenvalue weighted by Gasteiger charge is 2.30. The van der Waals surface area contributed by atoms with E-state index in [4.69, 9.17) is 4.74 Å². The number of carbonyl (C=O) groups is 1. The second-order valence-electron chi connectivity index (χ2n) is 6.17. The lowest BCUT2D eigenvalue weighted by Gasteiger charge is -2.17. The minimum Gasteiger partial charge on any atom is -0.466 e. The Bertz CT molecular complexity index is 251. The topological polar surface area (TPSA) is 38.3 Å². The van der Waals surface area contributed by atoms with Gasteiger partial charge in [-0.25, -0.2) is 0 Å². The summed E-state index contributed by atoms with van der Waals surface area (Å²) < 4.78 is 4.90. The molecule has 0 saturated heterocycles. The van der Waals surface area contributed by atoms with Gasteiger partial charge in [-0.2, -0.15) is 0 Å². The molecule has 0 aliphatic heterocycles. The van der Waals surface area contributed by atoms with Crippen LogP contribution >= 0.6 is 0 Å². The van der Waals surface area contributed by atoms with Crippen molar-refractivity contribution < 1.29 is 9.53 Å². The number of hydrogen-bond donors (Lipinski definition) is 1. The van der Waals surface area contributed by atoms with E-state index in [0.717, 1.165) is 25.8 Å². The Labute approximate surface area is 112 Å². The Morgan fingerprint density at radius 3 is 2.72 bits per heavy atom. The molecule has 0 amide bonds. The maximum atomic E-state index is 11.1. The van der Waals surface area contributed by atoms with Gasteiger partial charge < -0.3 is 10.1 Å². The standard InChI is InChI=1S/C15H29NO2/c1-4-18-14(17)8-6-5-7-11-16-13-9-10-15(2,3)12-13/h13,16H,4-12H2,1-3H3. The monoisotopic (exact) mass is 255 g/mol. The first-order valence-electron chi connectivity index (χ1n) is 7.42. The van der Waals surface area contributed by atoms with E-state index in [2.05, 4.69) is 19.2 Å². The molecule has 0 aromatic carbocycles. The number of nitrogens with one attached hydrogen (secondary N) is 1. The predicted molar refractivity (Wildman–Crippen MR) is 74.5 cm³/mol. The lowest BCUT2D eigenvalue weighted by atomic mass is 9.92. The second-order valence-corrected chi connectivity index (χ2v) is 6.17. The summed E-state index contributed by atoms with van der Waals surface area (Å²) in [5.41, 5.74) is 0.529. The molecule has 1 fully saturated rings. The summed E-state index contributed by atoms with van der Waals surface area (Å²) in [5, 5.41) is 3.63. The van der Waals surface area contributed by atoms with Crippen molar-refractivity contribution in [2.24, 2.45) is 5.41 Å². The van der Waals surface area contributed by atoms with Crippen molar-refractivity contribution in [1.82, 2.24) is 5.32 Å². The molecule has 1 unspecified atom stereocenters. The zero-order chi connectivity index (χ0) is 13.4. The largest absolute Gasteiger partial charge is 0.466 e. The minimum atomic E-state index is -0.0528. The minimum absolute atomic E-state index is 0.0528. The summed E-state index contributed by atoms with van der Waals surface area (Å²) in [4.78, 5) is 11.1. The molecule has 1 aliphatic carbocycles. The van der Waals surface area contributed by atoms with Gasteiger partial charge in [0.25, 0.3) is 0 Å². The SMILES string of the molecule is CCOC(=O)CCCCCNC1CCC(C)(C)C1. The van der Waals surface area contributed by atoms with Gasteiger partial charge in [-0.05, 0) is 51.0 Å². The summed E-state index contributed by atoms with van der Waals surface area (Å²) >= 11 is 0. The predicted octanol–water partition coefficient (Wildman–Crippen LogP) is 3.28. The first-order chi connectivity index (χ1) is 8.53. The van der Waals surface area contributed by atoms with E-state index in [0.29, 0.717) is 24.5 Å². The van der Waals surface area contributed by atoms with E-state index in [9.17, 15) is 4.79 Å². The molecule has 1 N–H and O–H groups in total. The summed E-state index contributed by atoms with van der Waals surface area (Å²) in [6, 6.07) is 0.713. The summed E-state index contributed by atoms with van der Waals surface area (Å²) in [7, 11) is 0. The molecule has 1 rings (SSSR count). The molecule has 3 nitrogen and oxygen atoms in total. The van der Waals surface area contributed by atoms with E-state index in [1.165, 1.54) is 19.3 Å². The molecule has 1 atom stereocenters. The molecule has 0 aromatic heterocycles. The Hall–Kier alpha value is -0.570. The van der Waals surface area contributed by atoms with Crippen molar-refractivity contribution in [3.63, 3.8) is 0 Å². The van der Waals surface area contributed by atoms with Gasteiger partial charge in [0.05, 0.1) is 6.61 Å². The van der Waals surface area contributed by atoms with Gasteiger partial charge in [0.15, 0.2) is 0 Å². The summed E-state index contributed by atoms with van der Waals surface area (Å²) in [6.45, 7) is 8.15. The molecular weight excluding hydrogens is 226 g/mol. The number of rotatable bonds is 8. The third-order valence-electron chi connectivity index (χ3n) is 3.76. The highest BCUT2D eigenvalue weighted by Crippen LogP contribution is 2.36. The van der Waals surface area contributed by atoms with Crippen LogP contribution in [0.4, 0.5) is 0 Å². The third-order valence-corrected chi connectivity index (χ3v) is 3.76. The zero-order valence-electron chi connectivity index (χ0n) is 12.3. The zero-order valence-corrected chi connectivity index (χ0v) is 12.3. The van der Waals surface area contributed by atoms with E-state index in [1.807, 2.05) is 6.92 Å². The normalized spacial score (nSPS) is 22.1. The Balaban J connectivity index is 1.92. The Kier molecular flexibility index (Phi) is 6.69. The lowest BCUT2D eigenvalue weighted by Crippen LogP contribution is -2.28. The van der Waals surface area contributed by atoms with Crippen LogP contribution in [-0.2, 0) is 9.53 Å². The van der Waals surface area contributed by atoms with Crippen molar-refractivity contribution in [3.8, 4) is 0 Å². The molecule has 1 aliphatic rings. The molecule has 0 heterocycles. The van der Waals surface area contributed by atoms with Crippen LogP contribution in [0.3, 0.4) is 0 Å². The highest BCUT2D eigenvalue weighted by molar-refractivity contribution is 5.69. The molecule has 1 saturated carbocycles. The fourth-order valence-corrected chi connectivity index (χ4v) is 2.72. The summed E-state index contributed by atoms with van der Waals surface area (Å²) in [6.07, 6.45) is 7.76. The first-order valence-corrected chi connectivity index (χ1v) is 7.42. The van der Waals surface area contributed by atoms with Crippen LogP contribution in [0, 0.1) is 5.41 Å². The van der Waals surface area contributed by atoms with E-state index in [1.54, 1.807) is 0 Å². The van der Waals surface area contributed by atoms with Crippen LogP contribution in [0.2, 0.25) is 0 Å². The Morgan fingerprint density at radius 1 is 1.33 bits per heavy atom. The van der Waals surface area contributed by atoms with Crippen molar-refractivity contribution in [2.45, 2.75) is 71.8 Å². The van der Waals surface area contributed by atoms with E-state index in [-0.39, 0.29) is 5.97 Å². The maximum absolute atomic E-state index is 11.1. The molecule has 106 valence electrons. The average Bonchev–Trinajstić information content (AvgIpc) is 2.64. The molecule has 0 radical (unpaired) electrons. The molecule has 3 heteroatoms. The van der Waals surface area contributed by atoms with Crippen LogP contribution in [0.25, 0.3) is 0 Å². The first kappa shape index (κ1) is 15.5. The number of esters is 1. The number of unbranched alkanes of at least 4 members (excludes halogenated alkanes) is 2. The van der Waals surface area contributed by atoms with Gasteiger partial charge in [-0.1, -0.05) is 20.3 Å². The molecular formula is C15H29NO2. The van der Waals surface area contributed by atoms with Crippen LogP contribution in [-0.4, -0.2) is 25.2 Å². The van der Waals surface area contributed by atoms with Crippen LogP contribution < -0.4 is 5.32 Å². The van der Waals surface area contributed by atoms with Gasteiger partial charge in [-0.3, -0.25) is 4.79 Å². The van der Waals surface area contributed by atoms with Crippen LogP contribution in [0.5, 0.6) is 0 Å². The molecule has 0 aromatic rings. The van der Waals surface area contributed by atoms with Crippen molar-refractivity contribution >= 4 is 5.97 Å². The van der Waals surface area contributed by atoms with Gasteiger partial charge in [0.2, 0.25) is 0 Å². The van der Waals surface area contributed by atoms with Gasteiger partial charge >= 0.3 is 5.97 Å². The van der Waals surface area contributed by atoms with Gasteiger partial charge in [0, 0.05) is 12.5 Å². The highest BCUT2D eigenvalue weighted by atomic mass is 16.5. The van der Waals surface area contributed by atoms with Crippen molar-refractivity contribution in [2.75, 3.05) is 13.2 Å². The van der Waals surface area contributed by atoms with Gasteiger partial charge in [0.1, 0.15) is 0 Å². The summed E-state index contributed by atoms with van der Waals surface area (Å²) in [5.74, 6) is -0.0528. The Morgan fingerprint density at radius 2 is 2.11 bits per heavy atom. The number of carbonyl (C=O) groups excluding carboxylic acids is 1. The fraction of sp³-hybridized carbons (Fsp3) is 0.933. The van der Waals surface area contributed by atoms with Crippen molar-refractivity contribution in [1.29, 1.82) is 0 Å². The fourth-order valence-electron chi connectivity index (χ4n) is 2.72. The van der Waals surface area contributed by atoms with Crippen LogP contribution in [0.15, 0.2) is 0 Å². The van der Waals surface area contributed by atoms with E-state index >= 15 is 0 Å². The lowest BCUT2D eigenvalue weighted by molar-refractivity contribution is -0.143. The van der Waals surface area contributed by atoms with Crippen molar-refractivity contribution in [3.05, 3.63) is 0 Å². The number of ether oxygens (including phenoxy) is 1. The second kappa shape index (κ2) is 7.78. The smallest absolute Gasteiger partial charge is 0.305 e. The molecule has 18 heavy (non-hydrogen) atoms. The van der Waals surface area contributed by atoms with Crippen LogP contribution in [0.1, 0.15) is 65.7 Å². The van der Waals surface area contributed by atoms with Gasteiger partial charge in [-0.15, -0.1) is 0 Å². The quantitative estimate of drug-likeness (QED) is 0.534. The molecule has 0 bridgehead atoms. The number of hydrogen-bond acceptors (Lipinski definition) is 3.